The van der Waals surface area contributed by atoms with Crippen molar-refractivity contribution in [1.82, 2.24) is 0 Å². The Balaban J connectivity index is 2.23. The molecule has 2 rings (SSSR count). The van der Waals surface area contributed by atoms with Gasteiger partial charge in [0.2, 0.25) is 0 Å². The van der Waals surface area contributed by atoms with Crippen LogP contribution in [-0.4, -0.2) is 11.7 Å². The van der Waals surface area contributed by atoms with Crippen molar-refractivity contribution in [2.24, 2.45) is 16.7 Å². The number of hydrogen-bond donors (Lipinski definition) is 1. The molecule has 2 aliphatic rings. The van der Waals surface area contributed by atoms with Gasteiger partial charge in [-0.3, -0.25) is 0 Å². The number of fused-ring (bicyclic) bond motifs is 1. The molecule has 0 unspecified atom stereocenters. The van der Waals surface area contributed by atoms with Gasteiger partial charge in [-0.05, 0) is 69.1 Å². The average Bonchev–Trinajstić information content (AvgIpc) is 2.37. The SMILES string of the molecule is CC1=C(CC/C(C)=C/CO)[C@]2(C)CCCC(C)(C)[C@H]2CC1. The lowest BCUT2D eigenvalue weighted by molar-refractivity contribution is 0.0105. The normalized spacial score (nSPS) is 33.0. The molecule has 0 heterocycles. The van der Waals surface area contributed by atoms with E-state index in [-0.39, 0.29) is 6.61 Å². The van der Waals surface area contributed by atoms with Gasteiger partial charge in [-0.1, -0.05) is 50.0 Å². The van der Waals surface area contributed by atoms with Gasteiger partial charge in [-0.25, -0.2) is 0 Å². The van der Waals surface area contributed by atoms with Crippen molar-refractivity contribution in [3.63, 3.8) is 0 Å². The zero-order valence-electron chi connectivity index (χ0n) is 14.8. The third-order valence-electron chi connectivity index (χ3n) is 6.45. The van der Waals surface area contributed by atoms with Gasteiger partial charge in [-0.15, -0.1) is 0 Å². The zero-order chi connectivity index (χ0) is 15.7. The Morgan fingerprint density at radius 1 is 1.29 bits per heavy atom. The second kappa shape index (κ2) is 6.28. The second-order valence-electron chi connectivity index (χ2n) is 8.34. The van der Waals surface area contributed by atoms with E-state index < -0.39 is 0 Å². The van der Waals surface area contributed by atoms with Gasteiger partial charge in [0.25, 0.3) is 0 Å². The monoisotopic (exact) mass is 290 g/mol. The van der Waals surface area contributed by atoms with Crippen LogP contribution in [0.3, 0.4) is 0 Å². The molecule has 21 heavy (non-hydrogen) atoms. The van der Waals surface area contributed by atoms with Crippen LogP contribution in [0.1, 0.15) is 79.6 Å². The molecule has 0 spiro atoms. The first-order valence-electron chi connectivity index (χ1n) is 8.77. The topological polar surface area (TPSA) is 20.2 Å². The predicted octanol–water partition coefficient (Wildman–Crippen LogP) is 5.65. The van der Waals surface area contributed by atoms with Gasteiger partial charge in [0.1, 0.15) is 0 Å². The van der Waals surface area contributed by atoms with E-state index in [0.717, 1.165) is 12.3 Å². The van der Waals surface area contributed by atoms with Gasteiger partial charge in [0, 0.05) is 0 Å². The first-order chi connectivity index (χ1) is 9.81. The minimum Gasteiger partial charge on any atom is -0.392 e. The van der Waals surface area contributed by atoms with Crippen LogP contribution in [0.25, 0.3) is 0 Å². The average molecular weight is 290 g/mol. The molecule has 0 saturated heterocycles. The fourth-order valence-corrected chi connectivity index (χ4v) is 5.27. The summed E-state index contributed by atoms with van der Waals surface area (Å²) in [5, 5.41) is 9.04. The number of allylic oxidation sites excluding steroid dienone is 3. The zero-order valence-corrected chi connectivity index (χ0v) is 14.8. The highest BCUT2D eigenvalue weighted by atomic mass is 16.2. The van der Waals surface area contributed by atoms with Crippen molar-refractivity contribution < 1.29 is 5.11 Å². The van der Waals surface area contributed by atoms with Crippen LogP contribution in [0.15, 0.2) is 22.8 Å². The molecule has 0 aromatic heterocycles. The smallest absolute Gasteiger partial charge is 0.0614 e. The third-order valence-corrected chi connectivity index (χ3v) is 6.45. The van der Waals surface area contributed by atoms with Crippen molar-refractivity contribution in [2.75, 3.05) is 6.61 Å². The Bertz CT molecular complexity index is 441. The molecule has 0 aromatic rings. The largest absolute Gasteiger partial charge is 0.392 e. The quantitative estimate of drug-likeness (QED) is 0.663. The highest BCUT2D eigenvalue weighted by Gasteiger charge is 2.49. The van der Waals surface area contributed by atoms with Crippen molar-refractivity contribution in [1.29, 1.82) is 0 Å². The van der Waals surface area contributed by atoms with Crippen molar-refractivity contribution in [3.05, 3.63) is 22.8 Å². The van der Waals surface area contributed by atoms with Crippen LogP contribution in [0.2, 0.25) is 0 Å². The summed E-state index contributed by atoms with van der Waals surface area (Å²) >= 11 is 0. The number of rotatable bonds is 4. The summed E-state index contributed by atoms with van der Waals surface area (Å²) in [5.41, 5.74) is 5.65. The second-order valence-corrected chi connectivity index (χ2v) is 8.34. The maximum Gasteiger partial charge on any atom is 0.0614 e. The van der Waals surface area contributed by atoms with E-state index in [1.807, 2.05) is 6.08 Å². The molecule has 1 fully saturated rings. The fraction of sp³-hybridized carbons (Fsp3) is 0.800. The van der Waals surface area contributed by atoms with E-state index >= 15 is 0 Å². The Labute approximate surface area is 131 Å². The Morgan fingerprint density at radius 2 is 2.00 bits per heavy atom. The van der Waals surface area contributed by atoms with E-state index in [0.29, 0.717) is 10.8 Å². The highest BCUT2D eigenvalue weighted by molar-refractivity contribution is 5.28. The summed E-state index contributed by atoms with van der Waals surface area (Å²) in [5.74, 6) is 0.847. The highest BCUT2D eigenvalue weighted by Crippen LogP contribution is 2.60. The molecule has 1 heteroatoms. The van der Waals surface area contributed by atoms with Gasteiger partial charge >= 0.3 is 0 Å². The van der Waals surface area contributed by atoms with Crippen LogP contribution in [-0.2, 0) is 0 Å². The van der Waals surface area contributed by atoms with Crippen molar-refractivity contribution in [2.45, 2.75) is 79.6 Å². The summed E-state index contributed by atoms with van der Waals surface area (Å²) in [6.45, 7) is 12.2. The standard InChI is InChI=1S/C20H34O/c1-15(11-14-21)7-9-17-16(2)8-10-18-19(3,4)12-6-13-20(17,18)5/h11,18,21H,6-10,12-14H2,1-5H3/b15-11+/t18-,20+/m1/s1. The van der Waals surface area contributed by atoms with E-state index in [1.165, 1.54) is 44.1 Å². The summed E-state index contributed by atoms with van der Waals surface area (Å²) < 4.78 is 0. The molecule has 120 valence electrons. The summed E-state index contributed by atoms with van der Waals surface area (Å²) in [4.78, 5) is 0. The molecular formula is C20H34O. The van der Waals surface area contributed by atoms with Crippen LogP contribution in [0.5, 0.6) is 0 Å². The summed E-state index contributed by atoms with van der Waals surface area (Å²) in [6, 6.07) is 0. The minimum absolute atomic E-state index is 0.177. The molecule has 1 nitrogen and oxygen atoms in total. The van der Waals surface area contributed by atoms with Crippen LogP contribution >= 0.6 is 0 Å². The fourth-order valence-electron chi connectivity index (χ4n) is 5.27. The van der Waals surface area contributed by atoms with E-state index in [4.69, 9.17) is 5.11 Å². The first-order valence-corrected chi connectivity index (χ1v) is 8.77. The molecule has 0 aromatic carbocycles. The van der Waals surface area contributed by atoms with Crippen LogP contribution in [0.4, 0.5) is 0 Å². The van der Waals surface area contributed by atoms with Gasteiger partial charge in [-0.2, -0.15) is 0 Å². The Hall–Kier alpha value is -0.560. The van der Waals surface area contributed by atoms with E-state index in [2.05, 4.69) is 34.6 Å². The van der Waals surface area contributed by atoms with Gasteiger partial charge in [0.15, 0.2) is 0 Å². The Morgan fingerprint density at radius 3 is 2.67 bits per heavy atom. The molecule has 0 aliphatic heterocycles. The third kappa shape index (κ3) is 3.28. The van der Waals surface area contributed by atoms with Crippen LogP contribution < -0.4 is 0 Å². The van der Waals surface area contributed by atoms with Crippen molar-refractivity contribution in [3.8, 4) is 0 Å². The lowest BCUT2D eigenvalue weighted by atomic mass is 9.50. The molecular weight excluding hydrogens is 256 g/mol. The number of aliphatic hydroxyl groups excluding tert-OH is 1. The molecule has 0 bridgehead atoms. The van der Waals surface area contributed by atoms with Crippen LogP contribution in [0, 0.1) is 16.7 Å². The molecule has 0 amide bonds. The van der Waals surface area contributed by atoms with Gasteiger partial charge in [0.05, 0.1) is 6.61 Å². The van der Waals surface area contributed by atoms with Crippen molar-refractivity contribution >= 4 is 0 Å². The molecule has 0 radical (unpaired) electrons. The predicted molar refractivity (Wildman–Crippen MR) is 91.2 cm³/mol. The lowest BCUT2D eigenvalue weighted by Gasteiger charge is -2.55. The Kier molecular flexibility index (Phi) is 5.03. The summed E-state index contributed by atoms with van der Waals surface area (Å²) in [7, 11) is 0. The molecule has 2 aliphatic carbocycles. The maximum absolute atomic E-state index is 9.04. The summed E-state index contributed by atoms with van der Waals surface area (Å²) in [6.07, 6.45) is 11.1. The minimum atomic E-state index is 0.177. The molecule has 1 saturated carbocycles. The number of hydrogen-bond acceptors (Lipinski definition) is 1. The maximum atomic E-state index is 9.04. The molecule has 2 atom stereocenters. The van der Waals surface area contributed by atoms with E-state index in [9.17, 15) is 0 Å². The van der Waals surface area contributed by atoms with Gasteiger partial charge < -0.3 is 5.11 Å². The molecule has 1 N–H and O–H groups in total. The van der Waals surface area contributed by atoms with E-state index in [1.54, 1.807) is 11.1 Å². The lowest BCUT2D eigenvalue weighted by Crippen LogP contribution is -2.45. The first kappa shape index (κ1) is 16.8. The number of aliphatic hydroxyl groups is 1.